The summed E-state index contributed by atoms with van der Waals surface area (Å²) < 4.78 is 100.0. The Hall–Kier alpha value is -3.92. The van der Waals surface area contributed by atoms with Crippen molar-refractivity contribution in [2.24, 2.45) is 0 Å². The van der Waals surface area contributed by atoms with Crippen LogP contribution in [0, 0.1) is 0 Å². The lowest BCUT2D eigenvalue weighted by atomic mass is 10.1. The van der Waals surface area contributed by atoms with Gasteiger partial charge in [0.15, 0.2) is 23.3 Å². The number of H-pyrrole nitrogens is 2. The molecule has 21 rings (SSSR count). The number of benzene rings is 4. The Kier molecular flexibility index (Phi) is 43.9. The van der Waals surface area contributed by atoms with Crippen molar-refractivity contribution in [1.82, 2.24) is 79.1 Å². The molecule has 14 aliphatic heterocycles. The minimum absolute atomic E-state index is 0.544. The van der Waals surface area contributed by atoms with Gasteiger partial charge in [-0.3, -0.25) is 39.2 Å². The lowest BCUT2D eigenvalue weighted by Gasteiger charge is -2.24. The molecule has 4 aromatic carbocycles. The van der Waals surface area contributed by atoms with Crippen LogP contribution < -0.4 is 0 Å². The molecule has 4 saturated heterocycles. The van der Waals surface area contributed by atoms with Crippen molar-refractivity contribution < 1.29 is 75.8 Å². The largest absolute Gasteiger partial charge is 0.378 e. The van der Waals surface area contributed by atoms with Crippen LogP contribution >= 0.6 is 94.1 Å². The van der Waals surface area contributed by atoms with E-state index in [9.17, 15) is 0 Å². The van der Waals surface area contributed by atoms with Gasteiger partial charge in [-0.05, 0) is 48.5 Å². The Morgan fingerprint density at radius 2 is 0.294 bits per heavy atom. The Bertz CT molecular complexity index is 4340. The van der Waals surface area contributed by atoms with Crippen molar-refractivity contribution in [3.8, 4) is 45.6 Å². The molecule has 14 aliphatic rings. The molecule has 0 aliphatic carbocycles. The van der Waals surface area contributed by atoms with Crippen LogP contribution in [0.25, 0.3) is 89.7 Å². The van der Waals surface area contributed by atoms with E-state index in [0.29, 0.717) is 257 Å². The smallest absolute Gasteiger partial charge is 0.164 e. The highest BCUT2D eigenvalue weighted by Crippen LogP contribution is 2.47. The predicted octanol–water partition coefficient (Wildman–Crippen LogP) is 10.4. The van der Waals surface area contributed by atoms with Gasteiger partial charge < -0.3 is 85.8 Å². The third kappa shape index (κ3) is 32.0. The Morgan fingerprint density at radius 3 is 0.434 bits per heavy atom. The summed E-state index contributed by atoms with van der Waals surface area (Å²) >= 11 is 15.1. The summed E-state index contributed by atoms with van der Waals surface area (Å²) in [5.74, 6) is 8.70. The highest BCUT2D eigenvalue weighted by Gasteiger charge is 2.30. The molecule has 2 N–H and O–H groups in total. The molecule has 136 heavy (non-hydrogen) atoms. The molecule has 0 unspecified atom stereocenters. The first kappa shape index (κ1) is 103. The number of fused-ring (bicyclic) bond motifs is 92. The fraction of sp³-hybridized carbons (Fsp3) is 0.667. The SMILES string of the molecule is c1c2c(cc3c1-c1nc-3nc3[nH]c(nc4nc(nc5[nH]c(n1)c1cc6c(cc51)SCCN1CCOCCOCCN(CCOCCOCC1)CCS6)-c1cc5c(cc1-4)SCCN1CCOCCOCCN(CCOCCOCC1)CCS5)c1cc4c(cc31)SCCN1CCOCCOCCN(CCOCCOCC1)CCS4)SCCN1CCOCCOCCN(CCOCCOCC1)CCS2. The van der Waals surface area contributed by atoms with E-state index < -0.39 is 0 Å². The van der Waals surface area contributed by atoms with Crippen molar-refractivity contribution in [3.63, 3.8) is 0 Å². The molecular weight excluding hydrogens is 1890 g/mol. The third-order valence-corrected chi connectivity index (χ3v) is 34.0. The van der Waals surface area contributed by atoms with Gasteiger partial charge in [0.25, 0.3) is 0 Å². The van der Waals surface area contributed by atoms with E-state index in [1.54, 1.807) is 0 Å². The van der Waals surface area contributed by atoms with Crippen LogP contribution in [0.3, 0.4) is 0 Å². The fourth-order valence-electron chi connectivity index (χ4n) is 17.4. The van der Waals surface area contributed by atoms with E-state index in [1.165, 1.54) is 0 Å². The summed E-state index contributed by atoms with van der Waals surface area (Å²) in [5, 5.41) is 3.67. The molecule has 0 spiro atoms. The van der Waals surface area contributed by atoms with Gasteiger partial charge in [0.05, 0.1) is 211 Å². The minimum atomic E-state index is 0.544. The van der Waals surface area contributed by atoms with Crippen molar-refractivity contribution in [3.05, 3.63) is 48.5 Å². The summed E-state index contributed by atoms with van der Waals surface area (Å²) in [6, 6.07) is 18.9. The summed E-state index contributed by atoms with van der Waals surface area (Å²) in [6.07, 6.45) is 0. The number of nitrogens with zero attached hydrogens (tertiary/aromatic N) is 14. The molecule has 4 fully saturated rings. The first-order valence-corrected chi connectivity index (χ1v) is 57.0. The predicted molar refractivity (Wildman–Crippen MR) is 546 cm³/mol. The van der Waals surface area contributed by atoms with Gasteiger partial charge in [0.1, 0.15) is 22.6 Å². The Morgan fingerprint density at radius 1 is 0.162 bits per heavy atom. The molecule has 17 heterocycles. The van der Waals surface area contributed by atoms with E-state index in [0.717, 1.165) is 286 Å². The number of ether oxygens (including phenoxy) is 16. The quantitative estimate of drug-likeness (QED) is 0.143. The number of nitrogens with one attached hydrogen (secondary N) is 2. The average Bonchev–Trinajstić information content (AvgIpc) is 1.59. The topological polar surface area (TPSA) is 283 Å². The summed E-state index contributed by atoms with van der Waals surface area (Å²) in [4.78, 5) is 72.3. The second-order valence-corrected chi connectivity index (χ2v) is 43.4. The summed E-state index contributed by atoms with van der Waals surface area (Å²) in [6.45, 7) is 37.0. The lowest BCUT2D eigenvalue weighted by molar-refractivity contribution is 0.00950. The van der Waals surface area contributed by atoms with Crippen molar-refractivity contribution in [2.75, 3.05) is 415 Å². The first-order chi connectivity index (χ1) is 67.5. The van der Waals surface area contributed by atoms with Crippen molar-refractivity contribution in [1.29, 1.82) is 0 Å². The molecule has 32 nitrogen and oxygen atoms in total. The average molecular weight is 2030 g/mol. The van der Waals surface area contributed by atoms with Gasteiger partial charge in [-0.1, -0.05) is 0 Å². The van der Waals surface area contributed by atoms with Crippen LogP contribution in [0.1, 0.15) is 0 Å². The lowest BCUT2D eigenvalue weighted by Crippen LogP contribution is -2.35. The number of aromatic amines is 2. The number of rotatable bonds is 0. The standard InChI is InChI=1S/C96H138N16O16S8/c1-25-113-41-42-115-27-3-106-4-28-116-44-43-114-26-2-105(1)17-57-129-81-65-73-74(66-82(81)130-58-18-106)90-97-89(73)101-91-75-67-83-84(132-60-20-108-7-31-119-47-45-117-29-5-107(19-59-131-83)6-30-118-46-48-120-32-8-108)68-76(75)93(98-91)103-95-79-71-87-88(136-64-24-112-15-39-127-55-53-125-37-13-111(23-63-135-87)14-38-126-54-56-128-40-16-112)72-80(79)96(100-95)104-94-78-70-86-85(69-77(78)92(99-94)102-90)133-61-21-109-9-33-121-49-51-123-35-11-110(22-62-134-86)12-36-124-52-50-122-34-10-109/h65-72H,1-64H2,(H2,97,98,99,100,101,102,103,104). The maximum atomic E-state index is 6.25. The zero-order valence-electron chi connectivity index (χ0n) is 78.9. The number of thioether (sulfide) groups is 8. The molecule has 0 amide bonds. The maximum Gasteiger partial charge on any atom is 0.164 e. The van der Waals surface area contributed by atoms with Gasteiger partial charge in [-0.15, -0.1) is 94.1 Å². The fourth-order valence-corrected chi connectivity index (χ4v) is 26.5. The minimum Gasteiger partial charge on any atom is -0.378 e. The van der Waals surface area contributed by atoms with Crippen LogP contribution in [0.5, 0.6) is 0 Å². The number of hydrogen-bond donors (Lipinski definition) is 2. The summed E-state index contributed by atoms with van der Waals surface area (Å²) in [5.41, 5.74) is 6.08. The zero-order chi connectivity index (χ0) is 92.0. The van der Waals surface area contributed by atoms with E-state index >= 15 is 0 Å². The first-order valence-electron chi connectivity index (χ1n) is 49.1. The molecule has 16 bridgehead atoms. The third-order valence-electron chi connectivity index (χ3n) is 25.2. The number of aromatic nitrogens is 8. The van der Waals surface area contributed by atoms with Gasteiger partial charge in [-0.25, -0.2) is 29.9 Å². The molecule has 0 saturated carbocycles. The molecule has 0 radical (unpaired) electrons. The summed E-state index contributed by atoms with van der Waals surface area (Å²) in [7, 11) is 0. The van der Waals surface area contributed by atoms with Crippen molar-refractivity contribution in [2.45, 2.75) is 39.2 Å². The van der Waals surface area contributed by atoms with Crippen LogP contribution in [0.15, 0.2) is 87.7 Å². The van der Waals surface area contributed by atoms with Gasteiger partial charge in [0, 0.05) is 286 Å². The normalized spacial score (nSPS) is 26.0. The van der Waals surface area contributed by atoms with Crippen LogP contribution in [-0.2, 0) is 75.8 Å². The van der Waals surface area contributed by atoms with Gasteiger partial charge in [-0.2, -0.15) is 0 Å². The van der Waals surface area contributed by atoms with E-state index in [-0.39, 0.29) is 0 Å². The molecule has 746 valence electrons. The molecule has 0 atom stereocenters. The van der Waals surface area contributed by atoms with Gasteiger partial charge in [0.2, 0.25) is 0 Å². The second-order valence-electron chi connectivity index (χ2n) is 34.3. The molecular formula is C96H138N16O16S8. The van der Waals surface area contributed by atoms with Crippen LogP contribution in [-0.4, -0.2) is 494 Å². The van der Waals surface area contributed by atoms with E-state index in [2.05, 4.69) is 97.7 Å². The monoisotopic (exact) mass is 2030 g/mol. The van der Waals surface area contributed by atoms with E-state index in [1.807, 2.05) is 94.1 Å². The molecule has 7 aromatic rings. The van der Waals surface area contributed by atoms with Crippen LogP contribution in [0.4, 0.5) is 0 Å². The zero-order valence-corrected chi connectivity index (χ0v) is 85.5. The Balaban J connectivity index is 0.879. The highest BCUT2D eigenvalue weighted by atomic mass is 32.2. The molecule has 40 heteroatoms. The Labute approximate surface area is 834 Å². The highest BCUT2D eigenvalue weighted by molar-refractivity contribution is 8.03. The number of hydrogen-bond acceptors (Lipinski definition) is 38. The van der Waals surface area contributed by atoms with Gasteiger partial charge >= 0.3 is 0 Å². The maximum absolute atomic E-state index is 6.25. The molecule has 3 aromatic heterocycles. The van der Waals surface area contributed by atoms with E-state index in [4.69, 9.17) is 106 Å². The van der Waals surface area contributed by atoms with Crippen molar-refractivity contribution >= 4 is 138 Å². The second kappa shape index (κ2) is 57.7. The van der Waals surface area contributed by atoms with Crippen LogP contribution in [0.2, 0.25) is 0 Å².